The number of rotatable bonds is 11. The van der Waals surface area contributed by atoms with Gasteiger partial charge in [0.15, 0.2) is 6.29 Å². The Labute approximate surface area is 247 Å². The van der Waals surface area contributed by atoms with Crippen molar-refractivity contribution in [2.75, 3.05) is 19.6 Å². The molecule has 3 aromatic carbocycles. The van der Waals surface area contributed by atoms with Crippen LogP contribution < -0.4 is 5.32 Å². The molecule has 0 bridgehead atoms. The predicted molar refractivity (Wildman–Crippen MR) is 159 cm³/mol. The second-order valence-corrected chi connectivity index (χ2v) is 11.2. The molecule has 42 heavy (non-hydrogen) atoms. The third-order valence-corrected chi connectivity index (χ3v) is 8.08. The standard InChI is InChI=1S/C34H40N2O6/c37-23-24-8-10-26(11-9-24)31-20-29(22-36-18-4-1-5-19-36)41-34(42-31)27-14-12-25(13-15-27)30-7-3-2-6-28(30)21-35-32(38)16-17-33(39)40/h2-3,6-15,29,31,34,37H,1,4-5,16-23H2,(H,35,38)(H,39,40)/t29-,31+,34+/m1/s1. The van der Waals surface area contributed by atoms with Crippen LogP contribution in [0.25, 0.3) is 11.1 Å². The molecule has 2 aliphatic rings. The Bertz CT molecular complexity index is 1320. The fourth-order valence-electron chi connectivity index (χ4n) is 5.74. The molecular weight excluding hydrogens is 532 g/mol. The molecule has 3 N–H and O–H groups in total. The van der Waals surface area contributed by atoms with E-state index in [1.54, 1.807) is 0 Å². The van der Waals surface area contributed by atoms with Gasteiger partial charge in [-0.15, -0.1) is 0 Å². The first kappa shape index (κ1) is 29.9. The molecule has 2 heterocycles. The average Bonchev–Trinajstić information content (AvgIpc) is 3.03. The third kappa shape index (κ3) is 8.04. The van der Waals surface area contributed by atoms with Gasteiger partial charge in [0.05, 0.1) is 25.2 Å². The van der Waals surface area contributed by atoms with Gasteiger partial charge in [0, 0.05) is 31.5 Å². The van der Waals surface area contributed by atoms with Crippen molar-refractivity contribution in [3.05, 3.63) is 95.1 Å². The van der Waals surface area contributed by atoms with Gasteiger partial charge in [-0.25, -0.2) is 0 Å². The minimum Gasteiger partial charge on any atom is -0.481 e. The topological polar surface area (TPSA) is 108 Å². The highest BCUT2D eigenvalue weighted by molar-refractivity contribution is 5.80. The lowest BCUT2D eigenvalue weighted by atomic mass is 9.97. The van der Waals surface area contributed by atoms with Gasteiger partial charge in [-0.2, -0.15) is 0 Å². The Morgan fingerprint density at radius 2 is 1.57 bits per heavy atom. The van der Waals surface area contributed by atoms with E-state index in [0.29, 0.717) is 6.54 Å². The molecule has 0 saturated carbocycles. The van der Waals surface area contributed by atoms with Gasteiger partial charge in [-0.1, -0.05) is 79.2 Å². The van der Waals surface area contributed by atoms with Gasteiger partial charge in [0.1, 0.15) is 0 Å². The number of hydrogen-bond donors (Lipinski definition) is 3. The molecule has 2 aliphatic heterocycles. The van der Waals surface area contributed by atoms with E-state index >= 15 is 0 Å². The first-order valence-corrected chi connectivity index (χ1v) is 14.9. The van der Waals surface area contributed by atoms with Crippen molar-refractivity contribution < 1.29 is 29.3 Å². The van der Waals surface area contributed by atoms with E-state index in [1.165, 1.54) is 19.3 Å². The summed E-state index contributed by atoms with van der Waals surface area (Å²) in [5.74, 6) is -1.27. The Morgan fingerprint density at radius 1 is 0.857 bits per heavy atom. The maximum atomic E-state index is 12.1. The Hall–Kier alpha value is -3.56. The summed E-state index contributed by atoms with van der Waals surface area (Å²) in [5.41, 5.74) is 5.86. The van der Waals surface area contributed by atoms with Crippen LogP contribution in [0.5, 0.6) is 0 Å². The number of piperidine rings is 1. The second-order valence-electron chi connectivity index (χ2n) is 11.2. The number of likely N-dealkylation sites (tertiary alicyclic amines) is 1. The minimum absolute atomic E-state index is 0.0156. The molecule has 222 valence electrons. The van der Waals surface area contributed by atoms with Crippen LogP contribution in [0.3, 0.4) is 0 Å². The van der Waals surface area contributed by atoms with Crippen molar-refractivity contribution >= 4 is 11.9 Å². The summed E-state index contributed by atoms with van der Waals surface area (Å²) < 4.78 is 13.1. The van der Waals surface area contributed by atoms with Crippen molar-refractivity contribution in [3.8, 4) is 11.1 Å². The lowest BCUT2D eigenvalue weighted by Crippen LogP contribution is -2.41. The van der Waals surface area contributed by atoms with E-state index in [0.717, 1.165) is 59.4 Å². The van der Waals surface area contributed by atoms with E-state index in [9.17, 15) is 14.7 Å². The highest BCUT2D eigenvalue weighted by atomic mass is 16.7. The molecular formula is C34H40N2O6. The number of carboxylic acid groups (broad SMARTS) is 1. The number of aliphatic hydroxyl groups is 1. The number of benzene rings is 3. The fraction of sp³-hybridized carbons (Fsp3) is 0.412. The van der Waals surface area contributed by atoms with Crippen LogP contribution in [0.1, 0.15) is 73.2 Å². The van der Waals surface area contributed by atoms with Crippen molar-refractivity contribution in [3.63, 3.8) is 0 Å². The van der Waals surface area contributed by atoms with Gasteiger partial charge < -0.3 is 29.9 Å². The Balaban J connectivity index is 1.31. The van der Waals surface area contributed by atoms with Crippen molar-refractivity contribution in [1.29, 1.82) is 0 Å². The summed E-state index contributed by atoms with van der Waals surface area (Å²) in [7, 11) is 0. The molecule has 0 unspecified atom stereocenters. The zero-order valence-corrected chi connectivity index (χ0v) is 23.9. The summed E-state index contributed by atoms with van der Waals surface area (Å²) in [6.07, 6.45) is 3.71. The zero-order chi connectivity index (χ0) is 29.3. The molecule has 2 saturated heterocycles. The summed E-state index contributed by atoms with van der Waals surface area (Å²) in [4.78, 5) is 25.4. The summed E-state index contributed by atoms with van der Waals surface area (Å²) in [6.45, 7) is 3.43. The number of ether oxygens (including phenoxy) is 2. The first-order chi connectivity index (χ1) is 20.5. The van der Waals surface area contributed by atoms with Crippen LogP contribution in [0, 0.1) is 0 Å². The third-order valence-electron chi connectivity index (χ3n) is 8.08. The van der Waals surface area contributed by atoms with Gasteiger partial charge in [-0.3, -0.25) is 9.59 Å². The predicted octanol–water partition coefficient (Wildman–Crippen LogP) is 5.36. The number of carbonyl (C=O) groups is 2. The molecule has 0 aromatic heterocycles. The monoisotopic (exact) mass is 572 g/mol. The molecule has 8 heteroatoms. The molecule has 3 atom stereocenters. The molecule has 1 amide bonds. The number of carboxylic acids is 1. The minimum atomic E-state index is -0.986. The molecule has 8 nitrogen and oxygen atoms in total. The number of nitrogens with zero attached hydrogens (tertiary/aromatic N) is 1. The van der Waals surface area contributed by atoms with Crippen molar-refractivity contribution in [2.45, 2.75) is 70.2 Å². The van der Waals surface area contributed by atoms with Crippen LogP contribution in [-0.2, 0) is 32.2 Å². The summed E-state index contributed by atoms with van der Waals surface area (Å²) >= 11 is 0. The average molecular weight is 573 g/mol. The quantitative estimate of drug-likeness (QED) is 0.284. The van der Waals surface area contributed by atoms with Crippen LogP contribution in [0.4, 0.5) is 0 Å². The van der Waals surface area contributed by atoms with Crippen LogP contribution in [-0.4, -0.2) is 52.7 Å². The van der Waals surface area contributed by atoms with E-state index in [1.807, 2.05) is 72.8 Å². The number of aliphatic hydroxyl groups excluding tert-OH is 1. The molecule has 2 fully saturated rings. The molecule has 3 aromatic rings. The number of aliphatic carboxylic acids is 1. The number of nitrogens with one attached hydrogen (secondary N) is 1. The first-order valence-electron chi connectivity index (χ1n) is 14.9. The molecule has 5 rings (SSSR count). The van der Waals surface area contributed by atoms with Crippen LogP contribution in [0.15, 0.2) is 72.8 Å². The van der Waals surface area contributed by atoms with E-state index in [-0.39, 0.29) is 37.6 Å². The highest BCUT2D eigenvalue weighted by Gasteiger charge is 2.33. The Kier molecular flexibility index (Phi) is 10.4. The number of hydrogen-bond acceptors (Lipinski definition) is 6. The van der Waals surface area contributed by atoms with Crippen LogP contribution >= 0.6 is 0 Å². The van der Waals surface area contributed by atoms with E-state index in [2.05, 4.69) is 10.2 Å². The van der Waals surface area contributed by atoms with Gasteiger partial charge >= 0.3 is 5.97 Å². The van der Waals surface area contributed by atoms with Crippen molar-refractivity contribution in [2.24, 2.45) is 0 Å². The Morgan fingerprint density at radius 3 is 2.29 bits per heavy atom. The zero-order valence-electron chi connectivity index (χ0n) is 23.9. The second kappa shape index (κ2) is 14.6. The van der Waals surface area contributed by atoms with Gasteiger partial charge in [0.2, 0.25) is 5.91 Å². The van der Waals surface area contributed by atoms with Crippen molar-refractivity contribution in [1.82, 2.24) is 10.2 Å². The van der Waals surface area contributed by atoms with Gasteiger partial charge in [-0.05, 0) is 53.7 Å². The number of carbonyl (C=O) groups excluding carboxylic acids is 1. The molecule has 0 aliphatic carbocycles. The normalized spacial score (nSPS) is 21.1. The largest absolute Gasteiger partial charge is 0.481 e. The summed E-state index contributed by atoms with van der Waals surface area (Å²) in [6, 6.07) is 24.0. The SMILES string of the molecule is O=C(O)CCC(=O)NCc1ccccc1-c1ccc([C@H]2O[C@@H](CN3CCCCC3)C[C@@H](c3ccc(CO)cc3)O2)cc1. The lowest BCUT2D eigenvalue weighted by molar-refractivity contribution is -0.253. The van der Waals surface area contributed by atoms with Gasteiger partial charge in [0.25, 0.3) is 0 Å². The maximum Gasteiger partial charge on any atom is 0.303 e. The van der Waals surface area contributed by atoms with E-state index < -0.39 is 12.3 Å². The van der Waals surface area contributed by atoms with E-state index in [4.69, 9.17) is 14.6 Å². The number of amides is 1. The lowest BCUT2D eigenvalue weighted by Gasteiger charge is -2.39. The fourth-order valence-corrected chi connectivity index (χ4v) is 5.74. The summed E-state index contributed by atoms with van der Waals surface area (Å²) in [5, 5.41) is 21.1. The molecule has 0 radical (unpaired) electrons. The molecule has 0 spiro atoms. The highest BCUT2D eigenvalue weighted by Crippen LogP contribution is 2.39. The van der Waals surface area contributed by atoms with Crippen LogP contribution in [0.2, 0.25) is 0 Å². The maximum absolute atomic E-state index is 12.1. The smallest absolute Gasteiger partial charge is 0.303 e.